The van der Waals surface area contributed by atoms with Gasteiger partial charge in [0.15, 0.2) is 6.61 Å². The second kappa shape index (κ2) is 6.62. The van der Waals surface area contributed by atoms with Gasteiger partial charge in [-0.2, -0.15) is 5.26 Å². The number of hydrogen-bond donors (Lipinski definition) is 1. The largest absolute Gasteiger partial charge is 0.479 e. The summed E-state index contributed by atoms with van der Waals surface area (Å²) in [6.07, 6.45) is 0.589. The van der Waals surface area contributed by atoms with Crippen LogP contribution < -0.4 is 9.46 Å². The van der Waals surface area contributed by atoms with Crippen LogP contribution in [0.2, 0.25) is 0 Å². The van der Waals surface area contributed by atoms with Crippen molar-refractivity contribution in [1.82, 2.24) is 0 Å². The molecule has 0 fully saturated rings. The van der Waals surface area contributed by atoms with Crippen molar-refractivity contribution in [3.63, 3.8) is 0 Å². The van der Waals surface area contributed by atoms with Crippen LogP contribution in [0, 0.1) is 16.7 Å². The molecule has 110 valence electrons. The zero-order chi connectivity index (χ0) is 15.2. The SMILES string of the molecule is CC(C)(C)CCS(=O)(=O)Nc1ccc(OCC#N)cc1. The molecule has 0 aliphatic heterocycles. The van der Waals surface area contributed by atoms with Crippen molar-refractivity contribution in [2.45, 2.75) is 27.2 Å². The minimum Gasteiger partial charge on any atom is -0.479 e. The molecule has 0 heterocycles. The lowest BCUT2D eigenvalue weighted by Gasteiger charge is -2.18. The summed E-state index contributed by atoms with van der Waals surface area (Å²) in [6.45, 7) is 5.98. The Balaban J connectivity index is 2.61. The highest BCUT2D eigenvalue weighted by molar-refractivity contribution is 7.92. The molecule has 6 heteroatoms. The standard InChI is InChI=1S/C14H20N2O3S/c1-14(2,3)8-11-20(17,18)16-12-4-6-13(7-5-12)19-10-9-15/h4-7,16H,8,10-11H2,1-3H3. The van der Waals surface area contributed by atoms with E-state index in [0.717, 1.165) is 0 Å². The smallest absolute Gasteiger partial charge is 0.232 e. The van der Waals surface area contributed by atoms with Gasteiger partial charge in [-0.15, -0.1) is 0 Å². The summed E-state index contributed by atoms with van der Waals surface area (Å²) < 4.78 is 31.5. The Kier molecular flexibility index (Phi) is 5.40. The van der Waals surface area contributed by atoms with Crippen molar-refractivity contribution in [1.29, 1.82) is 5.26 Å². The number of hydrogen-bond acceptors (Lipinski definition) is 4. The Bertz CT molecular complexity index is 566. The molecule has 1 aromatic carbocycles. The van der Waals surface area contributed by atoms with E-state index < -0.39 is 10.0 Å². The van der Waals surface area contributed by atoms with Gasteiger partial charge in [-0.1, -0.05) is 20.8 Å². The summed E-state index contributed by atoms with van der Waals surface area (Å²) >= 11 is 0. The number of anilines is 1. The van der Waals surface area contributed by atoms with E-state index in [-0.39, 0.29) is 17.8 Å². The molecule has 0 amide bonds. The Morgan fingerprint density at radius 2 is 1.85 bits per heavy atom. The lowest BCUT2D eigenvalue weighted by Crippen LogP contribution is -2.20. The van der Waals surface area contributed by atoms with Gasteiger partial charge in [-0.3, -0.25) is 4.72 Å². The van der Waals surface area contributed by atoms with Gasteiger partial charge in [0.25, 0.3) is 0 Å². The molecule has 0 aliphatic carbocycles. The first-order valence-corrected chi connectivity index (χ1v) is 7.97. The van der Waals surface area contributed by atoms with Gasteiger partial charge < -0.3 is 4.74 Å². The summed E-state index contributed by atoms with van der Waals surface area (Å²) in [5.41, 5.74) is 0.465. The lowest BCUT2D eigenvalue weighted by molar-refractivity contribution is 0.368. The molecule has 0 radical (unpaired) electrons. The Hall–Kier alpha value is -1.74. The van der Waals surface area contributed by atoms with Crippen LogP contribution in [0.4, 0.5) is 5.69 Å². The van der Waals surface area contributed by atoms with Crippen molar-refractivity contribution >= 4 is 15.7 Å². The maximum absolute atomic E-state index is 11.9. The highest BCUT2D eigenvalue weighted by atomic mass is 32.2. The van der Waals surface area contributed by atoms with Gasteiger partial charge in [0, 0.05) is 5.69 Å². The zero-order valence-corrected chi connectivity index (χ0v) is 12.8. The van der Waals surface area contributed by atoms with Gasteiger partial charge in [-0.05, 0) is 36.1 Å². The van der Waals surface area contributed by atoms with E-state index >= 15 is 0 Å². The minimum atomic E-state index is -3.34. The molecule has 0 unspecified atom stereocenters. The van der Waals surface area contributed by atoms with E-state index in [9.17, 15) is 8.42 Å². The normalized spacial score (nSPS) is 11.7. The van der Waals surface area contributed by atoms with Crippen LogP contribution in [0.3, 0.4) is 0 Å². The second-order valence-corrected chi connectivity index (χ2v) is 7.54. The second-order valence-electron chi connectivity index (χ2n) is 5.70. The molecule has 0 bridgehead atoms. The molecule has 20 heavy (non-hydrogen) atoms. The summed E-state index contributed by atoms with van der Waals surface area (Å²) in [5, 5.41) is 8.39. The van der Waals surface area contributed by atoms with Crippen LogP contribution in [-0.2, 0) is 10.0 Å². The first-order chi connectivity index (χ1) is 9.22. The van der Waals surface area contributed by atoms with Gasteiger partial charge in [0.05, 0.1) is 5.75 Å². The van der Waals surface area contributed by atoms with E-state index in [1.807, 2.05) is 26.8 Å². The number of ether oxygens (including phenoxy) is 1. The molecule has 0 atom stereocenters. The fraction of sp³-hybridized carbons (Fsp3) is 0.500. The van der Waals surface area contributed by atoms with E-state index in [0.29, 0.717) is 17.9 Å². The van der Waals surface area contributed by atoms with Crippen molar-refractivity contribution in [3.8, 4) is 11.8 Å². The molecule has 0 spiro atoms. The van der Waals surface area contributed by atoms with Crippen molar-refractivity contribution in [2.24, 2.45) is 5.41 Å². The summed E-state index contributed by atoms with van der Waals surface area (Å²) in [7, 11) is -3.34. The molecular formula is C14H20N2O3S. The van der Waals surface area contributed by atoms with E-state index in [1.54, 1.807) is 24.3 Å². The van der Waals surface area contributed by atoms with Crippen molar-refractivity contribution in [2.75, 3.05) is 17.1 Å². The number of nitrogens with one attached hydrogen (secondary N) is 1. The average molecular weight is 296 g/mol. The molecular weight excluding hydrogens is 276 g/mol. The van der Waals surface area contributed by atoms with Crippen LogP contribution in [-0.4, -0.2) is 20.8 Å². The first kappa shape index (κ1) is 16.3. The third-order valence-electron chi connectivity index (χ3n) is 2.55. The van der Waals surface area contributed by atoms with E-state index in [4.69, 9.17) is 10.00 Å². The van der Waals surface area contributed by atoms with Crippen LogP contribution in [0.15, 0.2) is 24.3 Å². The van der Waals surface area contributed by atoms with Crippen LogP contribution in [0.5, 0.6) is 5.75 Å². The molecule has 0 saturated carbocycles. The quantitative estimate of drug-likeness (QED) is 0.875. The van der Waals surface area contributed by atoms with Crippen LogP contribution >= 0.6 is 0 Å². The molecule has 0 aromatic heterocycles. The van der Waals surface area contributed by atoms with Gasteiger partial charge >= 0.3 is 0 Å². The third-order valence-corrected chi connectivity index (χ3v) is 3.84. The minimum absolute atomic E-state index is 0.0241. The van der Waals surface area contributed by atoms with E-state index in [1.165, 1.54) is 0 Å². The number of benzene rings is 1. The summed E-state index contributed by atoms with van der Waals surface area (Å²) in [6, 6.07) is 8.34. The molecule has 1 N–H and O–H groups in total. The topological polar surface area (TPSA) is 79.2 Å². The molecule has 1 aromatic rings. The van der Waals surface area contributed by atoms with Crippen LogP contribution in [0.25, 0.3) is 0 Å². The van der Waals surface area contributed by atoms with Gasteiger partial charge in [0.1, 0.15) is 11.8 Å². The fourth-order valence-electron chi connectivity index (χ4n) is 1.41. The van der Waals surface area contributed by atoms with E-state index in [2.05, 4.69) is 4.72 Å². The molecule has 0 saturated heterocycles. The Morgan fingerprint density at radius 3 is 2.35 bits per heavy atom. The number of rotatable bonds is 6. The van der Waals surface area contributed by atoms with Crippen LogP contribution in [0.1, 0.15) is 27.2 Å². The fourth-order valence-corrected chi connectivity index (χ4v) is 2.88. The molecule has 1 rings (SSSR count). The summed E-state index contributed by atoms with van der Waals surface area (Å²) in [5.74, 6) is 0.618. The number of sulfonamides is 1. The highest BCUT2D eigenvalue weighted by Gasteiger charge is 2.17. The Morgan fingerprint density at radius 1 is 1.25 bits per heavy atom. The summed E-state index contributed by atoms with van der Waals surface area (Å²) in [4.78, 5) is 0. The maximum atomic E-state index is 11.9. The van der Waals surface area contributed by atoms with Gasteiger partial charge in [0.2, 0.25) is 10.0 Å². The zero-order valence-electron chi connectivity index (χ0n) is 12.0. The number of nitrogens with zero attached hydrogens (tertiary/aromatic N) is 1. The first-order valence-electron chi connectivity index (χ1n) is 6.32. The molecule has 0 aliphatic rings. The monoisotopic (exact) mass is 296 g/mol. The van der Waals surface area contributed by atoms with Crippen molar-refractivity contribution < 1.29 is 13.2 Å². The van der Waals surface area contributed by atoms with Crippen molar-refractivity contribution in [3.05, 3.63) is 24.3 Å². The molecule has 5 nitrogen and oxygen atoms in total. The third kappa shape index (κ3) is 6.43. The Labute approximate surface area is 120 Å². The lowest BCUT2D eigenvalue weighted by atomic mass is 9.94. The predicted octanol–water partition coefficient (Wildman–Crippen LogP) is 2.77. The number of nitriles is 1. The predicted molar refractivity (Wildman–Crippen MR) is 79.0 cm³/mol. The van der Waals surface area contributed by atoms with Gasteiger partial charge in [-0.25, -0.2) is 8.42 Å². The highest BCUT2D eigenvalue weighted by Crippen LogP contribution is 2.21. The average Bonchev–Trinajstić information content (AvgIpc) is 2.35. The maximum Gasteiger partial charge on any atom is 0.232 e.